The number of amides is 1. The molecule has 1 aromatic heterocycles. The van der Waals surface area contributed by atoms with Crippen molar-refractivity contribution in [1.82, 2.24) is 19.8 Å². The number of halogens is 7. The molecule has 1 atom stereocenters. The van der Waals surface area contributed by atoms with Gasteiger partial charge in [0.1, 0.15) is 11.9 Å². The molecule has 1 aliphatic rings. The lowest BCUT2D eigenvalue weighted by atomic mass is 9.87. The summed E-state index contributed by atoms with van der Waals surface area (Å²) in [6, 6.07) is 7.52. The average molecular weight is 748 g/mol. The number of carbonyl (C=O) groups excluding carboxylic acids is 1. The Balaban J connectivity index is 1.46. The highest BCUT2D eigenvalue weighted by atomic mass is 19.4. The molecule has 1 saturated heterocycles. The van der Waals surface area contributed by atoms with E-state index >= 15 is 4.39 Å². The molecular formula is C37H38F7N6O3-. The number of anilines is 3. The van der Waals surface area contributed by atoms with Crippen LogP contribution in [-0.4, -0.2) is 72.2 Å². The third-order valence-electron chi connectivity index (χ3n) is 8.94. The highest BCUT2D eigenvalue weighted by Gasteiger charge is 2.39. The van der Waals surface area contributed by atoms with Crippen molar-refractivity contribution < 1.29 is 45.4 Å². The number of hydrogen-bond acceptors (Lipinski definition) is 8. The normalized spacial score (nSPS) is 14.9. The maximum atomic E-state index is 15.0. The van der Waals surface area contributed by atoms with Gasteiger partial charge >= 0.3 is 12.4 Å². The van der Waals surface area contributed by atoms with Gasteiger partial charge in [-0.2, -0.15) is 31.3 Å². The van der Waals surface area contributed by atoms with Gasteiger partial charge in [-0.25, -0.2) is 9.37 Å². The molecule has 5 rings (SSSR count). The van der Waals surface area contributed by atoms with Gasteiger partial charge in [-0.05, 0) is 92.9 Å². The van der Waals surface area contributed by atoms with E-state index in [1.54, 1.807) is 32.9 Å². The molecule has 0 spiro atoms. The van der Waals surface area contributed by atoms with Crippen molar-refractivity contribution in [3.63, 3.8) is 0 Å². The quantitative estimate of drug-likeness (QED) is 0.126. The van der Waals surface area contributed by atoms with Gasteiger partial charge in [-0.3, -0.25) is 0 Å². The van der Waals surface area contributed by atoms with Gasteiger partial charge < -0.3 is 34.7 Å². The molecular weight excluding hydrogens is 709 g/mol. The molecule has 0 saturated carbocycles. The molecule has 0 aliphatic carbocycles. The molecule has 284 valence electrons. The topological polar surface area (TPSA) is 96.9 Å². The van der Waals surface area contributed by atoms with Crippen LogP contribution in [0.5, 0.6) is 5.75 Å². The molecule has 1 amide bonds. The number of ether oxygens (including phenoxy) is 1. The third kappa shape index (κ3) is 9.73. The van der Waals surface area contributed by atoms with E-state index in [0.717, 1.165) is 56.6 Å². The summed E-state index contributed by atoms with van der Waals surface area (Å²) in [5.41, 5.74) is -2.07. The Bertz CT molecular complexity index is 1870. The van der Waals surface area contributed by atoms with Crippen LogP contribution in [0, 0.1) is 26.6 Å². The van der Waals surface area contributed by atoms with Crippen molar-refractivity contribution in [2.24, 2.45) is 0 Å². The van der Waals surface area contributed by atoms with E-state index in [1.807, 2.05) is 0 Å². The molecule has 53 heavy (non-hydrogen) atoms. The SMILES string of the molecule is Cc1cc(C)c(C(c2cc(C(F)(F)F)cc(C(F)(F)F)c2)N(C(=O)[O-])c2ccnc(Nc3ccc(OCCCN4CCN(C)CC4)c(F)c3)n2)c(C)c1. The van der Waals surface area contributed by atoms with Crippen LogP contribution < -0.4 is 20.1 Å². The molecule has 1 N–H and O–H groups in total. The fourth-order valence-electron chi connectivity index (χ4n) is 6.45. The van der Waals surface area contributed by atoms with Gasteiger partial charge in [0.05, 0.1) is 23.8 Å². The predicted molar refractivity (Wildman–Crippen MR) is 183 cm³/mol. The van der Waals surface area contributed by atoms with E-state index in [-0.39, 0.29) is 35.6 Å². The van der Waals surface area contributed by atoms with Gasteiger partial charge in [-0.15, -0.1) is 0 Å². The summed E-state index contributed by atoms with van der Waals surface area (Å²) in [6.45, 7) is 9.83. The second-order valence-corrected chi connectivity index (χ2v) is 13.0. The largest absolute Gasteiger partial charge is 0.530 e. The first-order chi connectivity index (χ1) is 24.9. The number of benzene rings is 3. The average Bonchev–Trinajstić information content (AvgIpc) is 3.06. The van der Waals surface area contributed by atoms with E-state index in [9.17, 15) is 36.2 Å². The lowest BCUT2D eigenvalue weighted by Crippen LogP contribution is -2.45. The van der Waals surface area contributed by atoms with Crippen LogP contribution in [-0.2, 0) is 12.4 Å². The molecule has 3 aromatic carbocycles. The Morgan fingerprint density at radius 1 is 0.925 bits per heavy atom. The number of rotatable bonds is 11. The summed E-state index contributed by atoms with van der Waals surface area (Å²) in [6.07, 6.45) is -10.5. The first kappa shape index (κ1) is 39.3. The zero-order valence-corrected chi connectivity index (χ0v) is 29.4. The lowest BCUT2D eigenvalue weighted by molar-refractivity contribution is -0.247. The number of nitrogens with zero attached hydrogens (tertiary/aromatic N) is 5. The molecule has 1 fully saturated rings. The number of alkyl halides is 6. The first-order valence-electron chi connectivity index (χ1n) is 16.7. The number of hydrogen-bond donors (Lipinski definition) is 1. The summed E-state index contributed by atoms with van der Waals surface area (Å²) < 4.78 is 105. The monoisotopic (exact) mass is 747 g/mol. The molecule has 9 nitrogen and oxygen atoms in total. The Hall–Kier alpha value is -4.96. The van der Waals surface area contributed by atoms with Gasteiger partial charge in [0, 0.05) is 50.7 Å². The van der Waals surface area contributed by atoms with Crippen LogP contribution in [0.25, 0.3) is 0 Å². The van der Waals surface area contributed by atoms with Crippen molar-refractivity contribution in [1.29, 1.82) is 0 Å². The predicted octanol–water partition coefficient (Wildman–Crippen LogP) is 7.28. The molecule has 1 aliphatic heterocycles. The second-order valence-electron chi connectivity index (χ2n) is 13.0. The molecule has 4 aromatic rings. The fraction of sp³-hybridized carbons (Fsp3) is 0.378. The van der Waals surface area contributed by atoms with E-state index in [1.165, 1.54) is 12.1 Å². The summed E-state index contributed by atoms with van der Waals surface area (Å²) in [7, 11) is 2.07. The van der Waals surface area contributed by atoms with Crippen LogP contribution in [0.15, 0.2) is 60.8 Å². The second kappa shape index (κ2) is 16.0. The number of likely N-dealkylation sites (N-methyl/N-ethyl adjacent to an activating group) is 1. The van der Waals surface area contributed by atoms with Gasteiger partial charge in [0.2, 0.25) is 5.95 Å². The van der Waals surface area contributed by atoms with E-state index in [0.29, 0.717) is 34.6 Å². The zero-order valence-electron chi connectivity index (χ0n) is 29.4. The number of piperazine rings is 1. The number of carboxylic acid groups (broad SMARTS) is 1. The fourth-order valence-corrected chi connectivity index (χ4v) is 6.45. The molecule has 1 unspecified atom stereocenters. The Kier molecular flexibility index (Phi) is 11.8. The minimum absolute atomic E-state index is 0.0118. The van der Waals surface area contributed by atoms with E-state index < -0.39 is 52.8 Å². The van der Waals surface area contributed by atoms with E-state index in [2.05, 4.69) is 32.1 Å². The first-order valence-corrected chi connectivity index (χ1v) is 16.7. The standard InChI is InChI=1S/C37H39F7N6O3/c1-22-16-23(2)32(24(3)17-22)33(25-18-26(36(39,40)41)20-27(19-25)37(42,43)44)50(35(51)52)31-8-9-45-34(47-31)46-28-6-7-30(29(38)21-28)53-15-5-10-49-13-11-48(4)12-14-49/h6-9,16-21,33H,5,10-15H2,1-4H3,(H,51,52)(H,45,46,47)/p-1. The Labute approximate surface area is 302 Å². The number of aryl methyl sites for hydroxylation is 3. The van der Waals surface area contributed by atoms with Gasteiger partial charge in [0.25, 0.3) is 0 Å². The maximum absolute atomic E-state index is 15.0. The van der Waals surface area contributed by atoms with Crippen LogP contribution in [0.1, 0.15) is 51.4 Å². The number of nitrogens with one attached hydrogen (secondary N) is 1. The number of aromatic nitrogens is 2. The molecule has 16 heteroatoms. The summed E-state index contributed by atoms with van der Waals surface area (Å²) in [5.74, 6) is -1.36. The minimum Gasteiger partial charge on any atom is -0.530 e. The maximum Gasteiger partial charge on any atom is 0.416 e. The van der Waals surface area contributed by atoms with Gasteiger partial charge in [0.15, 0.2) is 11.6 Å². The Morgan fingerprint density at radius 2 is 1.55 bits per heavy atom. The van der Waals surface area contributed by atoms with Crippen molar-refractivity contribution in [2.45, 2.75) is 45.6 Å². The summed E-state index contributed by atoms with van der Waals surface area (Å²) in [5, 5.41) is 15.7. The van der Waals surface area contributed by atoms with Crippen LogP contribution in [0.2, 0.25) is 0 Å². The summed E-state index contributed by atoms with van der Waals surface area (Å²) >= 11 is 0. The minimum atomic E-state index is -5.20. The zero-order chi connectivity index (χ0) is 38.7. The van der Waals surface area contributed by atoms with Crippen molar-refractivity contribution >= 4 is 23.5 Å². The van der Waals surface area contributed by atoms with Crippen molar-refractivity contribution in [2.75, 3.05) is 56.6 Å². The van der Waals surface area contributed by atoms with E-state index in [4.69, 9.17) is 4.74 Å². The van der Waals surface area contributed by atoms with Crippen LogP contribution in [0.3, 0.4) is 0 Å². The Morgan fingerprint density at radius 3 is 2.11 bits per heavy atom. The molecule has 0 radical (unpaired) electrons. The highest BCUT2D eigenvalue weighted by molar-refractivity contribution is 5.85. The smallest absolute Gasteiger partial charge is 0.416 e. The third-order valence-corrected chi connectivity index (χ3v) is 8.94. The molecule has 2 heterocycles. The summed E-state index contributed by atoms with van der Waals surface area (Å²) in [4.78, 5) is 26.2. The van der Waals surface area contributed by atoms with Gasteiger partial charge in [-0.1, -0.05) is 17.7 Å². The van der Waals surface area contributed by atoms with Crippen molar-refractivity contribution in [3.8, 4) is 5.75 Å². The number of carbonyl (C=O) groups is 1. The highest BCUT2D eigenvalue weighted by Crippen LogP contribution is 2.42. The molecule has 0 bridgehead atoms. The van der Waals surface area contributed by atoms with Crippen LogP contribution in [0.4, 0.5) is 53.0 Å². The van der Waals surface area contributed by atoms with Crippen LogP contribution >= 0.6 is 0 Å². The van der Waals surface area contributed by atoms with Crippen molar-refractivity contribution in [3.05, 3.63) is 106 Å². The lowest BCUT2D eigenvalue weighted by Gasteiger charge is -2.36.